The van der Waals surface area contributed by atoms with Crippen molar-refractivity contribution in [1.29, 1.82) is 0 Å². The van der Waals surface area contributed by atoms with Crippen LogP contribution in [0.3, 0.4) is 0 Å². The molecule has 0 N–H and O–H groups in total. The van der Waals surface area contributed by atoms with Gasteiger partial charge in [-0.3, -0.25) is 0 Å². The molecule has 0 radical (unpaired) electrons. The number of aromatic nitrogens is 6. The van der Waals surface area contributed by atoms with Gasteiger partial charge in [-0.25, -0.2) is 23.6 Å². The number of hydrogen-bond donors (Lipinski definition) is 0. The molecule has 172 valence electrons. The smallest absolute Gasteiger partial charge is 0.373 e. The Bertz CT molecular complexity index is 1360. The third-order valence-electron chi connectivity index (χ3n) is 5.66. The van der Waals surface area contributed by atoms with E-state index >= 15 is 0 Å². The van der Waals surface area contributed by atoms with E-state index in [1.165, 1.54) is 29.8 Å². The minimum Gasteiger partial charge on any atom is -0.373 e. The molecule has 4 aromatic rings. The number of ether oxygens (including phenoxy) is 1. The van der Waals surface area contributed by atoms with Crippen LogP contribution >= 0.6 is 0 Å². The lowest BCUT2D eigenvalue weighted by Gasteiger charge is -2.10. The number of rotatable bonds is 5. The van der Waals surface area contributed by atoms with Crippen molar-refractivity contribution < 1.29 is 22.3 Å². The number of aryl methyl sites for hydroxylation is 2. The van der Waals surface area contributed by atoms with Crippen LogP contribution in [0.15, 0.2) is 30.3 Å². The first-order chi connectivity index (χ1) is 15.7. The van der Waals surface area contributed by atoms with E-state index in [1.807, 2.05) is 0 Å². The quantitative estimate of drug-likeness (QED) is 0.398. The van der Waals surface area contributed by atoms with E-state index in [1.54, 1.807) is 20.1 Å². The van der Waals surface area contributed by atoms with Crippen LogP contribution in [0.5, 0.6) is 0 Å². The summed E-state index contributed by atoms with van der Waals surface area (Å²) in [7, 11) is 1.56. The summed E-state index contributed by atoms with van der Waals surface area (Å²) >= 11 is 0. The SMILES string of the molecule is COC(c1nc(-c2cc3nc(C)cc(C(F)(F)F)n3n2)n(-c2cc(F)ccc2C)n1)C1CC1. The van der Waals surface area contributed by atoms with Gasteiger partial charge in [-0.2, -0.15) is 18.3 Å². The van der Waals surface area contributed by atoms with E-state index in [-0.39, 0.29) is 34.9 Å². The molecule has 3 aromatic heterocycles. The molecule has 5 rings (SSSR count). The Morgan fingerprint density at radius 3 is 2.48 bits per heavy atom. The summed E-state index contributed by atoms with van der Waals surface area (Å²) < 4.78 is 62.7. The summed E-state index contributed by atoms with van der Waals surface area (Å²) in [5.74, 6) is 0.332. The van der Waals surface area contributed by atoms with Gasteiger partial charge in [0.2, 0.25) is 0 Å². The van der Waals surface area contributed by atoms with Gasteiger partial charge < -0.3 is 4.74 Å². The van der Waals surface area contributed by atoms with E-state index in [0.717, 1.165) is 23.4 Å². The highest BCUT2D eigenvalue weighted by Gasteiger charge is 2.37. The zero-order valence-corrected chi connectivity index (χ0v) is 18.1. The highest BCUT2D eigenvalue weighted by molar-refractivity contribution is 5.61. The van der Waals surface area contributed by atoms with Crippen molar-refractivity contribution >= 4 is 5.65 Å². The van der Waals surface area contributed by atoms with Crippen LogP contribution in [0.4, 0.5) is 17.6 Å². The summed E-state index contributed by atoms with van der Waals surface area (Å²) in [5.41, 5.74) is 0.534. The molecule has 33 heavy (non-hydrogen) atoms. The Morgan fingerprint density at radius 1 is 1.06 bits per heavy atom. The lowest BCUT2D eigenvalue weighted by molar-refractivity contribution is -0.142. The summed E-state index contributed by atoms with van der Waals surface area (Å²) in [4.78, 5) is 8.77. The van der Waals surface area contributed by atoms with E-state index in [2.05, 4.69) is 20.2 Å². The fourth-order valence-corrected chi connectivity index (χ4v) is 3.91. The fraction of sp³-hybridized carbons (Fsp3) is 0.364. The highest BCUT2D eigenvalue weighted by atomic mass is 19.4. The Morgan fingerprint density at radius 2 is 1.82 bits per heavy atom. The molecule has 0 bridgehead atoms. The van der Waals surface area contributed by atoms with Crippen LogP contribution in [0.25, 0.3) is 22.9 Å². The van der Waals surface area contributed by atoms with Crippen LogP contribution in [0.1, 0.15) is 41.7 Å². The van der Waals surface area contributed by atoms with Crippen LogP contribution in [0, 0.1) is 25.6 Å². The van der Waals surface area contributed by atoms with Crippen LogP contribution in [-0.2, 0) is 10.9 Å². The number of benzene rings is 1. The molecule has 1 aliphatic rings. The van der Waals surface area contributed by atoms with Gasteiger partial charge >= 0.3 is 6.18 Å². The van der Waals surface area contributed by atoms with Crippen molar-refractivity contribution in [1.82, 2.24) is 29.4 Å². The van der Waals surface area contributed by atoms with Crippen molar-refractivity contribution in [2.75, 3.05) is 7.11 Å². The topological polar surface area (TPSA) is 70.1 Å². The first-order valence-electron chi connectivity index (χ1n) is 10.4. The first-order valence-corrected chi connectivity index (χ1v) is 10.4. The second-order valence-electron chi connectivity index (χ2n) is 8.21. The number of halogens is 4. The molecule has 1 fully saturated rings. The number of nitrogens with zero attached hydrogens (tertiary/aromatic N) is 6. The zero-order valence-electron chi connectivity index (χ0n) is 18.1. The minimum atomic E-state index is -4.62. The molecule has 1 aromatic carbocycles. The first kappa shape index (κ1) is 21.5. The van der Waals surface area contributed by atoms with E-state index < -0.39 is 17.7 Å². The normalized spacial score (nSPS) is 15.4. The van der Waals surface area contributed by atoms with Crippen molar-refractivity contribution in [3.63, 3.8) is 0 Å². The molecule has 1 atom stereocenters. The molecule has 11 heteroatoms. The number of methoxy groups -OCH3 is 1. The molecular formula is C22H20F4N6O. The maximum Gasteiger partial charge on any atom is 0.433 e. The molecule has 1 saturated carbocycles. The molecule has 3 heterocycles. The van der Waals surface area contributed by atoms with Gasteiger partial charge in [0.15, 0.2) is 17.3 Å². The summed E-state index contributed by atoms with van der Waals surface area (Å²) in [6.45, 7) is 3.27. The molecule has 1 aliphatic carbocycles. The summed E-state index contributed by atoms with van der Waals surface area (Å²) in [6, 6.07) is 6.58. The molecule has 0 spiro atoms. The average Bonchev–Trinajstić information content (AvgIpc) is 3.34. The third kappa shape index (κ3) is 3.86. The summed E-state index contributed by atoms with van der Waals surface area (Å²) in [6.07, 6.45) is -3.07. The Kier molecular flexibility index (Phi) is 4.96. The predicted octanol–water partition coefficient (Wildman–Crippen LogP) is 4.85. The number of hydrogen-bond acceptors (Lipinski definition) is 5. The van der Waals surface area contributed by atoms with Crippen molar-refractivity contribution in [2.45, 2.75) is 39.0 Å². The average molecular weight is 460 g/mol. The molecule has 7 nitrogen and oxygen atoms in total. The molecule has 0 aliphatic heterocycles. The van der Waals surface area contributed by atoms with Crippen LogP contribution in [0.2, 0.25) is 0 Å². The molecule has 1 unspecified atom stereocenters. The predicted molar refractivity (Wildman–Crippen MR) is 110 cm³/mol. The largest absolute Gasteiger partial charge is 0.433 e. The summed E-state index contributed by atoms with van der Waals surface area (Å²) in [5, 5.41) is 8.74. The van der Waals surface area contributed by atoms with E-state index in [4.69, 9.17) is 4.74 Å². The fourth-order valence-electron chi connectivity index (χ4n) is 3.91. The molecular weight excluding hydrogens is 440 g/mol. The van der Waals surface area contributed by atoms with Gasteiger partial charge in [0, 0.05) is 18.9 Å². The van der Waals surface area contributed by atoms with Crippen molar-refractivity contribution in [2.24, 2.45) is 5.92 Å². The Labute approximate surface area is 186 Å². The molecule has 0 saturated heterocycles. The number of fused-ring (bicyclic) bond motifs is 1. The lowest BCUT2D eigenvalue weighted by atomic mass is 10.2. The second-order valence-corrected chi connectivity index (χ2v) is 8.21. The van der Waals surface area contributed by atoms with Crippen LogP contribution in [-0.4, -0.2) is 36.5 Å². The van der Waals surface area contributed by atoms with Gasteiger partial charge in [0.1, 0.15) is 23.3 Å². The maximum atomic E-state index is 14.1. The standard InChI is InChI=1S/C22H20F4N6O/c1-11-4-7-14(23)9-16(11)31-21(28-20(30-31)19(33-3)13-5-6-13)15-10-18-27-12(2)8-17(22(24,25)26)32(18)29-15/h4,7-10,13,19H,5-6H2,1-3H3. The monoisotopic (exact) mass is 460 g/mol. The zero-order chi connectivity index (χ0) is 23.5. The van der Waals surface area contributed by atoms with Crippen molar-refractivity contribution in [3.8, 4) is 17.2 Å². The Hall–Kier alpha value is -3.34. The van der Waals surface area contributed by atoms with E-state index in [9.17, 15) is 17.6 Å². The van der Waals surface area contributed by atoms with E-state index in [0.29, 0.717) is 17.1 Å². The van der Waals surface area contributed by atoms with Gasteiger partial charge in [0.25, 0.3) is 0 Å². The highest BCUT2D eigenvalue weighted by Crippen LogP contribution is 2.42. The Balaban J connectivity index is 1.74. The van der Waals surface area contributed by atoms with Crippen LogP contribution < -0.4 is 0 Å². The van der Waals surface area contributed by atoms with Gasteiger partial charge in [-0.1, -0.05) is 6.07 Å². The van der Waals surface area contributed by atoms with Gasteiger partial charge in [0.05, 0.1) is 5.69 Å². The minimum absolute atomic E-state index is 0.0230. The third-order valence-corrected chi connectivity index (χ3v) is 5.66. The number of alkyl halides is 3. The van der Waals surface area contributed by atoms with Gasteiger partial charge in [-0.15, -0.1) is 5.10 Å². The van der Waals surface area contributed by atoms with Gasteiger partial charge in [-0.05, 0) is 56.4 Å². The lowest BCUT2D eigenvalue weighted by Crippen LogP contribution is -2.13. The maximum absolute atomic E-state index is 14.1. The second kappa shape index (κ2) is 7.62. The molecule has 0 amide bonds. The van der Waals surface area contributed by atoms with Crippen molar-refractivity contribution in [3.05, 3.63) is 58.9 Å².